The summed E-state index contributed by atoms with van der Waals surface area (Å²) in [7, 11) is 0. The number of H-pyrrole nitrogens is 1. The van der Waals surface area contributed by atoms with E-state index in [0.29, 0.717) is 34.8 Å². The summed E-state index contributed by atoms with van der Waals surface area (Å²) in [5, 5.41) is 11.7. The van der Waals surface area contributed by atoms with Gasteiger partial charge in [0.05, 0.1) is 16.6 Å². The number of piperidine rings is 1. The maximum Gasteiger partial charge on any atom is 0.258 e. The van der Waals surface area contributed by atoms with Crippen LogP contribution in [0.1, 0.15) is 46.2 Å². The minimum atomic E-state index is 0.0148. The van der Waals surface area contributed by atoms with Gasteiger partial charge in [0.1, 0.15) is 0 Å². The Hall–Kier alpha value is -2.70. The molecule has 4 heterocycles. The lowest BCUT2D eigenvalue weighted by Gasteiger charge is -2.32. The lowest BCUT2D eigenvalue weighted by molar-refractivity contribution is 0.0707. The summed E-state index contributed by atoms with van der Waals surface area (Å²) in [5.74, 6) is 0.313. The fourth-order valence-corrected chi connectivity index (χ4v) is 3.47. The number of likely N-dealkylation sites (tertiary alicyclic amines) is 1. The highest BCUT2D eigenvalue weighted by Crippen LogP contribution is 2.28. The van der Waals surface area contributed by atoms with Gasteiger partial charge in [-0.3, -0.25) is 9.89 Å². The van der Waals surface area contributed by atoms with Crippen LogP contribution in [0.5, 0.6) is 0 Å². The number of aryl methyl sites for hydroxylation is 2. The Bertz CT molecular complexity index is 884. The number of hydrogen-bond donors (Lipinski definition) is 1. The Balaban J connectivity index is 1.67. The van der Waals surface area contributed by atoms with Crippen LogP contribution in [0.4, 0.5) is 0 Å². The van der Waals surface area contributed by atoms with Crippen LogP contribution in [0.15, 0.2) is 22.9 Å². The highest BCUT2D eigenvalue weighted by atomic mass is 16.5. The molecule has 0 bridgehead atoms. The summed E-state index contributed by atoms with van der Waals surface area (Å²) in [6.45, 7) is 5.14. The molecule has 3 aromatic rings. The molecular formula is C17H19N5O2. The number of hydrogen-bond acceptors (Lipinski definition) is 5. The molecule has 1 aliphatic rings. The minimum absolute atomic E-state index is 0.0148. The van der Waals surface area contributed by atoms with Gasteiger partial charge in [-0.1, -0.05) is 5.16 Å². The average molecular weight is 325 g/mol. The van der Waals surface area contributed by atoms with Crippen molar-refractivity contribution < 1.29 is 9.32 Å². The summed E-state index contributed by atoms with van der Waals surface area (Å²) in [5.41, 5.74) is 3.59. The molecular weight excluding hydrogens is 306 g/mol. The molecule has 1 aliphatic heterocycles. The van der Waals surface area contributed by atoms with Crippen molar-refractivity contribution in [1.29, 1.82) is 0 Å². The highest BCUT2D eigenvalue weighted by Gasteiger charge is 2.28. The molecule has 1 saturated heterocycles. The Labute approximate surface area is 139 Å². The smallest absolute Gasteiger partial charge is 0.258 e. The normalized spacial score (nSPS) is 18.2. The van der Waals surface area contributed by atoms with Crippen molar-refractivity contribution in [3.63, 3.8) is 0 Å². The van der Waals surface area contributed by atoms with Gasteiger partial charge < -0.3 is 9.42 Å². The van der Waals surface area contributed by atoms with Crippen LogP contribution < -0.4 is 0 Å². The molecule has 7 nitrogen and oxygen atoms in total. The van der Waals surface area contributed by atoms with Crippen molar-refractivity contribution in [2.24, 2.45) is 0 Å². The van der Waals surface area contributed by atoms with Crippen LogP contribution >= 0.6 is 0 Å². The summed E-state index contributed by atoms with van der Waals surface area (Å²) in [4.78, 5) is 19.4. The first-order valence-corrected chi connectivity index (χ1v) is 8.15. The molecule has 0 unspecified atom stereocenters. The third kappa shape index (κ3) is 2.46. The molecule has 1 N–H and O–H groups in total. The Morgan fingerprint density at radius 2 is 2.29 bits per heavy atom. The zero-order chi connectivity index (χ0) is 16.7. The van der Waals surface area contributed by atoms with Gasteiger partial charge in [0, 0.05) is 36.6 Å². The Kier molecular flexibility index (Phi) is 3.55. The monoisotopic (exact) mass is 325 g/mol. The van der Waals surface area contributed by atoms with E-state index < -0.39 is 0 Å². The van der Waals surface area contributed by atoms with Gasteiger partial charge >= 0.3 is 0 Å². The first-order valence-electron chi connectivity index (χ1n) is 8.15. The second kappa shape index (κ2) is 5.74. The van der Waals surface area contributed by atoms with Gasteiger partial charge in [-0.05, 0) is 38.8 Å². The quantitative estimate of drug-likeness (QED) is 0.782. The molecule has 0 saturated carbocycles. The molecule has 1 amide bonds. The lowest BCUT2D eigenvalue weighted by atomic mass is 9.94. The van der Waals surface area contributed by atoms with Gasteiger partial charge in [-0.25, -0.2) is 4.98 Å². The van der Waals surface area contributed by atoms with Gasteiger partial charge in [-0.15, -0.1) is 0 Å². The van der Waals surface area contributed by atoms with E-state index >= 15 is 0 Å². The van der Waals surface area contributed by atoms with E-state index in [2.05, 4.69) is 20.3 Å². The van der Waals surface area contributed by atoms with E-state index in [0.717, 1.165) is 30.8 Å². The largest absolute Gasteiger partial charge is 0.338 e. The highest BCUT2D eigenvalue weighted by molar-refractivity contribution is 6.06. The van der Waals surface area contributed by atoms with E-state index in [9.17, 15) is 4.79 Å². The van der Waals surface area contributed by atoms with Gasteiger partial charge in [-0.2, -0.15) is 5.10 Å². The summed E-state index contributed by atoms with van der Waals surface area (Å²) >= 11 is 0. The van der Waals surface area contributed by atoms with Crippen LogP contribution in [-0.2, 0) is 0 Å². The average Bonchev–Trinajstić information content (AvgIpc) is 3.24. The van der Waals surface area contributed by atoms with Crippen molar-refractivity contribution in [2.75, 3.05) is 13.1 Å². The van der Waals surface area contributed by atoms with Crippen LogP contribution in [0, 0.1) is 13.8 Å². The number of carbonyl (C=O) groups is 1. The van der Waals surface area contributed by atoms with Crippen LogP contribution in [0.2, 0.25) is 0 Å². The molecule has 124 valence electrons. The number of carbonyl (C=O) groups excluding carboxylic acids is 1. The number of nitrogens with zero attached hydrogens (tertiary/aromatic N) is 4. The molecule has 0 spiro atoms. The number of rotatable bonds is 2. The van der Waals surface area contributed by atoms with Crippen molar-refractivity contribution in [1.82, 2.24) is 25.2 Å². The zero-order valence-electron chi connectivity index (χ0n) is 13.7. The number of fused-ring (bicyclic) bond motifs is 1. The molecule has 7 heteroatoms. The zero-order valence-corrected chi connectivity index (χ0v) is 13.7. The number of aromatic nitrogens is 4. The van der Waals surface area contributed by atoms with E-state index in [1.807, 2.05) is 30.9 Å². The lowest BCUT2D eigenvalue weighted by Crippen LogP contribution is -2.39. The maximum absolute atomic E-state index is 13.1. The van der Waals surface area contributed by atoms with Crippen LogP contribution in [-0.4, -0.2) is 44.2 Å². The Morgan fingerprint density at radius 1 is 1.42 bits per heavy atom. The number of nitrogens with one attached hydrogen (secondary N) is 1. The van der Waals surface area contributed by atoms with E-state index in [1.54, 1.807) is 6.20 Å². The first-order chi connectivity index (χ1) is 11.6. The van der Waals surface area contributed by atoms with Gasteiger partial charge in [0.2, 0.25) is 0 Å². The fourth-order valence-electron chi connectivity index (χ4n) is 3.47. The molecule has 0 aromatic carbocycles. The predicted octanol–water partition coefficient (Wildman–Crippen LogP) is 2.58. The second-order valence-corrected chi connectivity index (χ2v) is 6.36. The standard InChI is InChI=1S/C17H19N5O2/c1-10-8-13(15-11(2)21-24-16(15)19-10)17(23)22-7-3-4-12(9-22)14-5-6-18-20-14/h5-6,8,12H,3-4,7,9H2,1-2H3,(H,18,20)/t12-/m0/s1. The van der Waals surface area contributed by atoms with Crippen molar-refractivity contribution in [2.45, 2.75) is 32.6 Å². The van der Waals surface area contributed by atoms with Gasteiger partial charge in [0.15, 0.2) is 0 Å². The minimum Gasteiger partial charge on any atom is -0.338 e. The molecule has 4 rings (SSSR count). The molecule has 24 heavy (non-hydrogen) atoms. The predicted molar refractivity (Wildman–Crippen MR) is 87.7 cm³/mol. The summed E-state index contributed by atoms with van der Waals surface area (Å²) < 4.78 is 5.24. The van der Waals surface area contributed by atoms with Crippen LogP contribution in [0.3, 0.4) is 0 Å². The van der Waals surface area contributed by atoms with E-state index in [-0.39, 0.29) is 5.91 Å². The van der Waals surface area contributed by atoms with Crippen molar-refractivity contribution >= 4 is 17.0 Å². The van der Waals surface area contributed by atoms with Crippen molar-refractivity contribution in [3.8, 4) is 0 Å². The Morgan fingerprint density at radius 3 is 3.08 bits per heavy atom. The van der Waals surface area contributed by atoms with E-state index in [4.69, 9.17) is 4.52 Å². The molecule has 1 fully saturated rings. The second-order valence-electron chi connectivity index (χ2n) is 6.36. The van der Waals surface area contributed by atoms with Gasteiger partial charge in [0.25, 0.3) is 11.6 Å². The summed E-state index contributed by atoms with van der Waals surface area (Å²) in [6.07, 6.45) is 3.79. The van der Waals surface area contributed by atoms with Crippen molar-refractivity contribution in [3.05, 3.63) is 41.0 Å². The molecule has 0 radical (unpaired) electrons. The maximum atomic E-state index is 13.1. The summed E-state index contributed by atoms with van der Waals surface area (Å²) in [6, 6.07) is 3.81. The number of pyridine rings is 1. The fraction of sp³-hybridized carbons (Fsp3) is 0.412. The SMILES string of the molecule is Cc1cc(C(=O)N2CCC[C@H](c3ccn[nH]3)C2)c2c(C)noc2n1. The van der Waals surface area contributed by atoms with E-state index in [1.165, 1.54) is 0 Å². The molecule has 0 aliphatic carbocycles. The molecule has 3 aromatic heterocycles. The molecule has 1 atom stereocenters. The third-order valence-corrected chi connectivity index (χ3v) is 4.65. The third-order valence-electron chi connectivity index (χ3n) is 4.65. The first kappa shape index (κ1) is 14.9. The number of amides is 1. The van der Waals surface area contributed by atoms with Crippen LogP contribution in [0.25, 0.3) is 11.1 Å². The topological polar surface area (TPSA) is 87.9 Å². The number of aromatic amines is 1.